The number of hydrogen-bond donors (Lipinski definition) is 1. The van der Waals surface area contributed by atoms with Crippen LogP contribution in [0.3, 0.4) is 0 Å². The van der Waals surface area contributed by atoms with Crippen LogP contribution < -0.4 is 11.1 Å². The Labute approximate surface area is 147 Å². The van der Waals surface area contributed by atoms with Crippen LogP contribution in [-0.2, 0) is 17.9 Å². The minimum atomic E-state index is -0.411. The van der Waals surface area contributed by atoms with E-state index in [0.717, 1.165) is 22.6 Å². The SMILES string of the molecule is O=C1CC(Cn2c(=O)oc3ccccc32)c2c(nc3ccccn23)CN1. The second kappa shape index (κ2) is 5.59. The fourth-order valence-corrected chi connectivity index (χ4v) is 3.76. The maximum atomic E-state index is 12.4. The number of aromatic nitrogens is 3. The lowest BCUT2D eigenvalue weighted by Crippen LogP contribution is -2.24. The molecular formula is C19H16N4O3. The van der Waals surface area contributed by atoms with Crippen molar-refractivity contribution < 1.29 is 9.21 Å². The van der Waals surface area contributed by atoms with E-state index in [1.54, 1.807) is 10.6 Å². The highest BCUT2D eigenvalue weighted by atomic mass is 16.4. The number of amides is 1. The summed E-state index contributed by atoms with van der Waals surface area (Å²) < 4.78 is 8.95. The highest BCUT2D eigenvalue weighted by Crippen LogP contribution is 2.29. The molecule has 7 nitrogen and oxygen atoms in total. The van der Waals surface area contributed by atoms with Gasteiger partial charge in [-0.3, -0.25) is 9.36 Å². The first-order valence-corrected chi connectivity index (χ1v) is 8.51. The fraction of sp³-hybridized carbons (Fsp3) is 0.211. The van der Waals surface area contributed by atoms with E-state index in [0.29, 0.717) is 25.1 Å². The van der Waals surface area contributed by atoms with E-state index in [1.165, 1.54) is 0 Å². The molecule has 1 atom stereocenters. The number of pyridine rings is 1. The lowest BCUT2D eigenvalue weighted by atomic mass is 10.00. The van der Waals surface area contributed by atoms with Gasteiger partial charge in [0.2, 0.25) is 5.91 Å². The minimum absolute atomic E-state index is 0.0430. The predicted octanol–water partition coefficient (Wildman–Crippen LogP) is 2.05. The van der Waals surface area contributed by atoms with Gasteiger partial charge in [-0.1, -0.05) is 18.2 Å². The number of fused-ring (bicyclic) bond motifs is 4. The van der Waals surface area contributed by atoms with Crippen LogP contribution in [-0.4, -0.2) is 19.9 Å². The Bertz CT molecular complexity index is 1200. The smallest absolute Gasteiger partial charge is 0.408 e. The number of oxazole rings is 1. The van der Waals surface area contributed by atoms with Crippen LogP contribution in [0.4, 0.5) is 0 Å². The third-order valence-corrected chi connectivity index (χ3v) is 4.89. The molecule has 1 aliphatic rings. The molecule has 0 bridgehead atoms. The first-order chi connectivity index (χ1) is 12.7. The van der Waals surface area contributed by atoms with Crippen LogP contribution in [0.5, 0.6) is 0 Å². The second-order valence-electron chi connectivity index (χ2n) is 6.50. The molecule has 26 heavy (non-hydrogen) atoms. The Morgan fingerprint density at radius 1 is 1.15 bits per heavy atom. The number of imidazole rings is 1. The first-order valence-electron chi connectivity index (χ1n) is 8.51. The number of nitrogens with one attached hydrogen (secondary N) is 1. The number of carbonyl (C=O) groups is 1. The zero-order valence-corrected chi connectivity index (χ0v) is 13.9. The molecule has 4 heterocycles. The quantitative estimate of drug-likeness (QED) is 0.601. The van der Waals surface area contributed by atoms with Crippen molar-refractivity contribution in [2.24, 2.45) is 0 Å². The third kappa shape index (κ3) is 2.24. The Kier molecular flexibility index (Phi) is 3.21. The number of carbonyl (C=O) groups excluding carboxylic acids is 1. The molecule has 0 fully saturated rings. The zero-order chi connectivity index (χ0) is 17.7. The van der Waals surface area contributed by atoms with E-state index in [1.807, 2.05) is 47.0 Å². The van der Waals surface area contributed by atoms with E-state index in [2.05, 4.69) is 10.3 Å². The zero-order valence-electron chi connectivity index (χ0n) is 13.9. The van der Waals surface area contributed by atoms with Gasteiger partial charge in [0.05, 0.1) is 23.4 Å². The number of hydrogen-bond acceptors (Lipinski definition) is 4. The molecule has 1 aromatic carbocycles. The lowest BCUT2D eigenvalue weighted by Gasteiger charge is -2.15. The molecule has 130 valence electrons. The molecule has 1 unspecified atom stereocenters. The molecule has 0 saturated carbocycles. The van der Waals surface area contributed by atoms with Gasteiger partial charge < -0.3 is 14.1 Å². The van der Waals surface area contributed by atoms with Crippen molar-refractivity contribution in [1.82, 2.24) is 19.3 Å². The summed E-state index contributed by atoms with van der Waals surface area (Å²) in [7, 11) is 0. The van der Waals surface area contributed by atoms with Crippen molar-refractivity contribution in [1.29, 1.82) is 0 Å². The molecule has 0 spiro atoms. The minimum Gasteiger partial charge on any atom is -0.408 e. The molecular weight excluding hydrogens is 332 g/mol. The summed E-state index contributed by atoms with van der Waals surface area (Å²) in [6, 6.07) is 13.1. The van der Waals surface area contributed by atoms with Gasteiger partial charge in [0.1, 0.15) is 5.65 Å². The molecule has 1 aliphatic heterocycles. The summed E-state index contributed by atoms with van der Waals surface area (Å²) in [5.41, 5.74) is 3.93. The summed E-state index contributed by atoms with van der Waals surface area (Å²) in [5.74, 6) is -0.631. The van der Waals surface area contributed by atoms with Crippen LogP contribution in [0.25, 0.3) is 16.7 Å². The van der Waals surface area contributed by atoms with Crippen molar-refractivity contribution in [3.63, 3.8) is 0 Å². The topological polar surface area (TPSA) is 81.5 Å². The van der Waals surface area contributed by atoms with E-state index < -0.39 is 5.76 Å². The molecule has 5 rings (SSSR count). The standard InChI is InChI=1S/C19H16N4O3/c24-17-9-12(11-23-14-5-1-2-6-15(14)26-19(23)25)18-13(10-20-17)21-16-7-3-4-8-22(16)18/h1-8,12H,9-11H2,(H,20,24). The number of benzene rings is 1. The predicted molar refractivity (Wildman–Crippen MR) is 94.9 cm³/mol. The lowest BCUT2D eigenvalue weighted by molar-refractivity contribution is -0.121. The molecule has 7 heteroatoms. The van der Waals surface area contributed by atoms with Gasteiger partial charge >= 0.3 is 5.76 Å². The van der Waals surface area contributed by atoms with E-state index >= 15 is 0 Å². The molecule has 4 aromatic rings. The Balaban J connectivity index is 1.67. The van der Waals surface area contributed by atoms with Gasteiger partial charge in [-0.25, -0.2) is 9.78 Å². The van der Waals surface area contributed by atoms with Gasteiger partial charge in [-0.2, -0.15) is 0 Å². The molecule has 1 amide bonds. The van der Waals surface area contributed by atoms with Crippen molar-refractivity contribution in [3.05, 3.63) is 70.6 Å². The van der Waals surface area contributed by atoms with Crippen molar-refractivity contribution in [2.75, 3.05) is 0 Å². The fourth-order valence-electron chi connectivity index (χ4n) is 3.76. The highest BCUT2D eigenvalue weighted by Gasteiger charge is 2.28. The Morgan fingerprint density at radius 2 is 2.00 bits per heavy atom. The normalized spacial score (nSPS) is 17.2. The van der Waals surface area contributed by atoms with Gasteiger partial charge in [0.15, 0.2) is 5.58 Å². The summed E-state index contributed by atoms with van der Waals surface area (Å²) in [6.07, 6.45) is 2.24. The molecule has 3 aromatic heterocycles. The second-order valence-corrected chi connectivity index (χ2v) is 6.50. The largest absolute Gasteiger partial charge is 0.419 e. The maximum Gasteiger partial charge on any atom is 0.419 e. The molecule has 1 N–H and O–H groups in total. The van der Waals surface area contributed by atoms with Gasteiger partial charge in [-0.15, -0.1) is 0 Å². The van der Waals surface area contributed by atoms with Crippen molar-refractivity contribution in [3.8, 4) is 0 Å². The molecule has 0 saturated heterocycles. The Morgan fingerprint density at radius 3 is 2.92 bits per heavy atom. The average Bonchev–Trinajstić information content (AvgIpc) is 3.12. The van der Waals surface area contributed by atoms with E-state index in [4.69, 9.17) is 4.42 Å². The number of rotatable bonds is 2. The highest BCUT2D eigenvalue weighted by molar-refractivity contribution is 5.78. The van der Waals surface area contributed by atoms with Gasteiger partial charge in [-0.05, 0) is 24.3 Å². The van der Waals surface area contributed by atoms with Crippen LogP contribution in [0, 0.1) is 0 Å². The molecule has 0 aliphatic carbocycles. The summed E-state index contributed by atoms with van der Waals surface area (Å²) in [4.78, 5) is 29.2. The summed E-state index contributed by atoms with van der Waals surface area (Å²) in [6.45, 7) is 0.756. The van der Waals surface area contributed by atoms with Crippen LogP contribution >= 0.6 is 0 Å². The first kappa shape index (κ1) is 14.9. The summed E-state index contributed by atoms with van der Waals surface area (Å²) in [5, 5.41) is 2.90. The monoisotopic (exact) mass is 348 g/mol. The summed E-state index contributed by atoms with van der Waals surface area (Å²) >= 11 is 0. The van der Waals surface area contributed by atoms with E-state index in [9.17, 15) is 9.59 Å². The van der Waals surface area contributed by atoms with Crippen LogP contribution in [0.2, 0.25) is 0 Å². The Hall–Kier alpha value is -3.35. The average molecular weight is 348 g/mol. The third-order valence-electron chi connectivity index (χ3n) is 4.89. The van der Waals surface area contributed by atoms with Gasteiger partial charge in [0, 0.05) is 25.1 Å². The van der Waals surface area contributed by atoms with E-state index in [-0.39, 0.29) is 11.8 Å². The van der Waals surface area contributed by atoms with Crippen LogP contribution in [0.1, 0.15) is 23.7 Å². The maximum absolute atomic E-state index is 12.4. The number of para-hydroxylation sites is 2. The van der Waals surface area contributed by atoms with Crippen LogP contribution in [0.15, 0.2) is 57.9 Å². The van der Waals surface area contributed by atoms with Crippen molar-refractivity contribution in [2.45, 2.75) is 25.4 Å². The number of nitrogens with zero attached hydrogens (tertiary/aromatic N) is 3. The van der Waals surface area contributed by atoms with Gasteiger partial charge in [0.25, 0.3) is 0 Å². The van der Waals surface area contributed by atoms with Crippen molar-refractivity contribution >= 4 is 22.7 Å². The molecule has 0 radical (unpaired) electrons.